The summed E-state index contributed by atoms with van der Waals surface area (Å²) in [4.78, 5) is 29.9. The Morgan fingerprint density at radius 1 is 1.27 bits per heavy atom. The fraction of sp³-hybridized carbons (Fsp3) is 0.111. The minimum atomic E-state index is -0.235. The first-order valence-corrected chi connectivity index (χ1v) is 8.99. The van der Waals surface area contributed by atoms with E-state index in [2.05, 4.69) is 10.3 Å². The van der Waals surface area contributed by atoms with E-state index in [0.29, 0.717) is 27.1 Å². The molecule has 1 heterocycles. The molecule has 0 saturated carbocycles. The first-order chi connectivity index (χ1) is 12.6. The zero-order chi connectivity index (χ0) is 18.5. The van der Waals surface area contributed by atoms with E-state index in [1.807, 2.05) is 6.07 Å². The molecule has 130 valence electrons. The van der Waals surface area contributed by atoms with Crippen LogP contribution in [0.25, 0.3) is 0 Å². The number of nitrogens with zero attached hydrogens (tertiary/aromatic N) is 3. The van der Waals surface area contributed by atoms with Crippen LogP contribution in [0.1, 0.15) is 5.56 Å². The van der Waals surface area contributed by atoms with Gasteiger partial charge < -0.3 is 5.32 Å². The maximum atomic E-state index is 12.1. The number of carbonyl (C=O) groups excluding carboxylic acids is 2. The number of halogens is 1. The van der Waals surface area contributed by atoms with Crippen molar-refractivity contribution in [1.82, 2.24) is 0 Å². The summed E-state index contributed by atoms with van der Waals surface area (Å²) in [6, 6.07) is 15.6. The molecule has 0 bridgehead atoms. The van der Waals surface area contributed by atoms with Crippen molar-refractivity contribution in [2.45, 2.75) is 0 Å². The Morgan fingerprint density at radius 3 is 2.69 bits per heavy atom. The lowest BCUT2D eigenvalue weighted by Gasteiger charge is -2.19. The number of aliphatic imine (C=N–C) groups is 1. The molecule has 0 fully saturated rings. The molecule has 1 N–H and O–H groups in total. The van der Waals surface area contributed by atoms with Crippen molar-refractivity contribution in [2.75, 3.05) is 22.5 Å². The number of amides is 2. The van der Waals surface area contributed by atoms with Gasteiger partial charge in [-0.1, -0.05) is 35.5 Å². The molecule has 1 aliphatic heterocycles. The van der Waals surface area contributed by atoms with Crippen LogP contribution in [0.2, 0.25) is 5.02 Å². The molecule has 2 aromatic carbocycles. The lowest BCUT2D eigenvalue weighted by molar-refractivity contribution is -0.116. The Kier molecular flexibility index (Phi) is 5.56. The Bertz CT molecular complexity index is 922. The molecule has 26 heavy (non-hydrogen) atoms. The quantitative estimate of drug-likeness (QED) is 0.876. The summed E-state index contributed by atoms with van der Waals surface area (Å²) in [7, 11) is 0. The highest BCUT2D eigenvalue weighted by atomic mass is 35.5. The summed E-state index contributed by atoms with van der Waals surface area (Å²) in [5, 5.41) is 12.4. The summed E-state index contributed by atoms with van der Waals surface area (Å²) in [5.41, 5.74) is 1.67. The van der Waals surface area contributed by atoms with Gasteiger partial charge in [-0.3, -0.25) is 19.5 Å². The molecule has 2 aromatic rings. The van der Waals surface area contributed by atoms with Crippen LogP contribution < -0.4 is 10.2 Å². The van der Waals surface area contributed by atoms with Gasteiger partial charge in [0.25, 0.3) is 5.91 Å². The van der Waals surface area contributed by atoms with E-state index < -0.39 is 0 Å². The molecule has 3 rings (SSSR count). The summed E-state index contributed by atoms with van der Waals surface area (Å²) >= 11 is 7.34. The van der Waals surface area contributed by atoms with E-state index in [0.717, 1.165) is 0 Å². The van der Waals surface area contributed by atoms with Crippen molar-refractivity contribution in [1.29, 1.82) is 5.26 Å². The van der Waals surface area contributed by atoms with Crippen molar-refractivity contribution in [2.24, 2.45) is 4.99 Å². The predicted molar refractivity (Wildman–Crippen MR) is 103 cm³/mol. The fourth-order valence-electron chi connectivity index (χ4n) is 2.32. The average Bonchev–Trinajstić information content (AvgIpc) is 3.01. The molecular formula is C18H13ClN4O2S. The maximum Gasteiger partial charge on any atom is 0.254 e. The SMILES string of the molecule is N#Cc1ccc(NC(=O)CSC2=NCC(=O)N2c2ccccc2Cl)cc1. The van der Waals surface area contributed by atoms with Gasteiger partial charge in [-0.15, -0.1) is 0 Å². The van der Waals surface area contributed by atoms with Crippen molar-refractivity contribution in [3.8, 4) is 6.07 Å². The molecule has 0 aliphatic carbocycles. The van der Waals surface area contributed by atoms with Gasteiger partial charge in [-0.05, 0) is 36.4 Å². The highest BCUT2D eigenvalue weighted by molar-refractivity contribution is 8.14. The normalized spacial score (nSPS) is 13.3. The second-order valence-corrected chi connectivity index (χ2v) is 6.66. The number of benzene rings is 2. The van der Waals surface area contributed by atoms with Crippen molar-refractivity contribution in [3.05, 3.63) is 59.1 Å². The van der Waals surface area contributed by atoms with Crippen molar-refractivity contribution in [3.63, 3.8) is 0 Å². The molecule has 0 radical (unpaired) electrons. The number of para-hydroxylation sites is 1. The molecule has 6 nitrogen and oxygen atoms in total. The standard InChI is InChI=1S/C18H13ClN4O2S/c19-14-3-1-2-4-15(14)23-17(25)10-21-18(23)26-11-16(24)22-13-7-5-12(9-20)6-8-13/h1-8H,10-11H2,(H,22,24). The van der Waals surface area contributed by atoms with E-state index in [9.17, 15) is 9.59 Å². The first-order valence-electron chi connectivity index (χ1n) is 7.63. The summed E-state index contributed by atoms with van der Waals surface area (Å²) in [6.07, 6.45) is 0. The first kappa shape index (κ1) is 18.0. The molecule has 0 saturated heterocycles. The van der Waals surface area contributed by atoms with Gasteiger partial charge in [0.1, 0.15) is 6.54 Å². The van der Waals surface area contributed by atoms with Gasteiger partial charge in [0, 0.05) is 5.69 Å². The molecule has 0 atom stereocenters. The van der Waals surface area contributed by atoms with Crippen molar-refractivity contribution >= 4 is 51.7 Å². The smallest absolute Gasteiger partial charge is 0.254 e. The van der Waals surface area contributed by atoms with E-state index in [-0.39, 0.29) is 24.1 Å². The van der Waals surface area contributed by atoms with E-state index in [1.54, 1.807) is 48.5 Å². The molecule has 0 spiro atoms. The topological polar surface area (TPSA) is 85.6 Å². The van der Waals surface area contributed by atoms with Gasteiger partial charge >= 0.3 is 0 Å². The average molecular weight is 385 g/mol. The number of carbonyl (C=O) groups is 2. The van der Waals surface area contributed by atoms with E-state index in [4.69, 9.17) is 16.9 Å². The van der Waals surface area contributed by atoms with Gasteiger partial charge in [0.2, 0.25) is 5.91 Å². The molecule has 8 heteroatoms. The molecule has 0 aromatic heterocycles. The largest absolute Gasteiger partial charge is 0.325 e. The van der Waals surface area contributed by atoms with Crippen LogP contribution >= 0.6 is 23.4 Å². The summed E-state index contributed by atoms with van der Waals surface area (Å²) < 4.78 is 0. The number of nitriles is 1. The second kappa shape index (κ2) is 8.04. The molecular weight excluding hydrogens is 372 g/mol. The monoisotopic (exact) mass is 384 g/mol. The van der Waals surface area contributed by atoms with Crippen LogP contribution in [0.15, 0.2) is 53.5 Å². The molecule has 0 unspecified atom stereocenters. The highest BCUT2D eigenvalue weighted by Gasteiger charge is 2.29. The lowest BCUT2D eigenvalue weighted by Crippen LogP contribution is -2.31. The Hall–Kier alpha value is -2.82. The van der Waals surface area contributed by atoms with Crippen LogP contribution in [0.3, 0.4) is 0 Å². The number of hydrogen-bond acceptors (Lipinski definition) is 5. The third-order valence-electron chi connectivity index (χ3n) is 3.51. The third kappa shape index (κ3) is 4.04. The van der Waals surface area contributed by atoms with Gasteiger partial charge in [-0.2, -0.15) is 5.26 Å². The van der Waals surface area contributed by atoms with E-state index >= 15 is 0 Å². The van der Waals surface area contributed by atoms with Crippen LogP contribution in [0, 0.1) is 11.3 Å². The number of amidine groups is 1. The zero-order valence-electron chi connectivity index (χ0n) is 13.5. The van der Waals surface area contributed by atoms with Crippen molar-refractivity contribution < 1.29 is 9.59 Å². The lowest BCUT2D eigenvalue weighted by atomic mass is 10.2. The third-order valence-corrected chi connectivity index (χ3v) is 4.81. The Labute approximate surface area is 159 Å². The van der Waals surface area contributed by atoms with Gasteiger partial charge in [0.15, 0.2) is 5.17 Å². The fourth-order valence-corrected chi connectivity index (χ4v) is 3.36. The van der Waals surface area contributed by atoms with Crippen LogP contribution in [-0.2, 0) is 9.59 Å². The Morgan fingerprint density at radius 2 is 2.00 bits per heavy atom. The summed E-state index contributed by atoms with van der Waals surface area (Å²) in [5.74, 6) is -0.332. The summed E-state index contributed by atoms with van der Waals surface area (Å²) in [6.45, 7) is 0.0325. The number of anilines is 2. The Balaban J connectivity index is 1.63. The minimum Gasteiger partial charge on any atom is -0.325 e. The van der Waals surface area contributed by atoms with Crippen LogP contribution in [0.5, 0.6) is 0 Å². The predicted octanol–water partition coefficient (Wildman–Crippen LogP) is 3.29. The van der Waals surface area contributed by atoms with E-state index in [1.165, 1.54) is 16.7 Å². The zero-order valence-corrected chi connectivity index (χ0v) is 15.0. The van der Waals surface area contributed by atoms with Gasteiger partial charge in [-0.25, -0.2) is 0 Å². The highest BCUT2D eigenvalue weighted by Crippen LogP contribution is 2.30. The number of rotatable bonds is 4. The number of thioether (sulfide) groups is 1. The number of hydrogen-bond donors (Lipinski definition) is 1. The second-order valence-electron chi connectivity index (χ2n) is 5.31. The molecule has 2 amide bonds. The minimum absolute atomic E-state index is 0.0325. The number of nitrogens with one attached hydrogen (secondary N) is 1. The van der Waals surface area contributed by atoms with Crippen LogP contribution in [-0.4, -0.2) is 29.3 Å². The molecule has 1 aliphatic rings. The maximum absolute atomic E-state index is 12.1. The van der Waals surface area contributed by atoms with Gasteiger partial charge in [0.05, 0.1) is 28.1 Å². The van der Waals surface area contributed by atoms with Crippen LogP contribution in [0.4, 0.5) is 11.4 Å².